The molecule has 2 aromatic carbocycles. The van der Waals surface area contributed by atoms with Gasteiger partial charge in [-0.3, -0.25) is 15.0 Å². The highest BCUT2D eigenvalue weighted by Gasteiger charge is 2.16. The van der Waals surface area contributed by atoms with E-state index in [1.165, 1.54) is 17.7 Å². The molecule has 2 aromatic rings. The lowest BCUT2D eigenvalue weighted by atomic mass is 10.1. The van der Waals surface area contributed by atoms with E-state index in [9.17, 15) is 14.9 Å². The van der Waals surface area contributed by atoms with Crippen LogP contribution in [0.25, 0.3) is 5.70 Å². The van der Waals surface area contributed by atoms with Crippen LogP contribution in [0, 0.1) is 10.1 Å². The van der Waals surface area contributed by atoms with Crippen LogP contribution in [0.15, 0.2) is 72.4 Å². The van der Waals surface area contributed by atoms with Crippen LogP contribution in [-0.4, -0.2) is 36.0 Å². The molecule has 29 heavy (non-hydrogen) atoms. The van der Waals surface area contributed by atoms with Crippen LogP contribution in [0.2, 0.25) is 0 Å². The van der Waals surface area contributed by atoms with Crippen molar-refractivity contribution in [2.24, 2.45) is 0 Å². The lowest BCUT2D eigenvalue weighted by Crippen LogP contribution is -2.25. The van der Waals surface area contributed by atoms with Gasteiger partial charge in [-0.2, -0.15) is 0 Å². The molecule has 1 N–H and O–H groups in total. The van der Waals surface area contributed by atoms with Gasteiger partial charge in [0.25, 0.3) is 5.69 Å². The maximum absolute atomic E-state index is 12.3. The monoisotopic (exact) mass is 393 g/mol. The van der Waals surface area contributed by atoms with Crippen molar-refractivity contribution in [2.75, 3.05) is 20.2 Å². The topological polar surface area (TPSA) is 84.7 Å². The number of ether oxygens (including phenoxy) is 1. The maximum atomic E-state index is 12.3. The number of hydrogen-bond acceptors (Lipinski definition) is 6. The highest BCUT2D eigenvalue weighted by Crippen LogP contribution is 2.22. The third kappa shape index (κ3) is 5.76. The van der Waals surface area contributed by atoms with Crippen molar-refractivity contribution in [3.8, 4) is 0 Å². The van der Waals surface area contributed by atoms with Crippen LogP contribution >= 0.6 is 0 Å². The Morgan fingerprint density at radius 3 is 2.69 bits per heavy atom. The van der Waals surface area contributed by atoms with Gasteiger partial charge in [-0.15, -0.1) is 0 Å². The Kier molecular flexibility index (Phi) is 6.76. The van der Waals surface area contributed by atoms with Gasteiger partial charge < -0.3 is 10.1 Å². The number of nitro benzene ring substituents is 1. The number of benzene rings is 2. The van der Waals surface area contributed by atoms with Crippen molar-refractivity contribution >= 4 is 17.4 Å². The first-order chi connectivity index (χ1) is 14.0. The van der Waals surface area contributed by atoms with Gasteiger partial charge in [-0.25, -0.2) is 4.79 Å². The molecule has 0 saturated carbocycles. The molecule has 1 heterocycles. The van der Waals surface area contributed by atoms with Gasteiger partial charge in [-0.05, 0) is 12.6 Å². The molecule has 1 aliphatic rings. The third-order valence-corrected chi connectivity index (χ3v) is 4.56. The smallest absolute Gasteiger partial charge is 0.335 e. The number of carbonyl (C=O) groups is 1. The Balaban J connectivity index is 1.46. The number of nitrogens with one attached hydrogen (secondary N) is 1. The van der Waals surface area contributed by atoms with E-state index in [-0.39, 0.29) is 11.7 Å². The molecule has 0 saturated heterocycles. The van der Waals surface area contributed by atoms with Gasteiger partial charge in [0, 0.05) is 49.1 Å². The van der Waals surface area contributed by atoms with Gasteiger partial charge >= 0.3 is 5.97 Å². The Bertz CT molecular complexity index is 938. The van der Waals surface area contributed by atoms with Gasteiger partial charge in [0.05, 0.1) is 10.5 Å². The second kappa shape index (κ2) is 9.66. The zero-order valence-corrected chi connectivity index (χ0v) is 16.2. The fourth-order valence-corrected chi connectivity index (χ4v) is 2.99. The Hall–Kier alpha value is -3.45. The quantitative estimate of drug-likeness (QED) is 0.420. The van der Waals surface area contributed by atoms with Crippen molar-refractivity contribution in [1.29, 1.82) is 0 Å². The standard InChI is InChI=1S/C22H23N3O4/c1-24(16-17-6-3-2-4-7-17)12-13-29-22(26)19-10-11-21(23-15-19)18-8-5-9-20(14-18)25(27)28/h2-9,11,14-15,23H,10,12-13,16H2,1H3. The highest BCUT2D eigenvalue weighted by molar-refractivity contribution is 5.90. The predicted molar refractivity (Wildman–Crippen MR) is 111 cm³/mol. The fourth-order valence-electron chi connectivity index (χ4n) is 2.99. The average Bonchev–Trinajstić information content (AvgIpc) is 2.74. The minimum atomic E-state index is -0.430. The minimum absolute atomic E-state index is 0.0269. The molecule has 0 unspecified atom stereocenters. The van der Waals surface area contributed by atoms with Crippen molar-refractivity contribution < 1.29 is 14.5 Å². The van der Waals surface area contributed by atoms with E-state index in [0.717, 1.165) is 12.2 Å². The molecule has 0 atom stereocenters. The van der Waals surface area contributed by atoms with Crippen molar-refractivity contribution in [2.45, 2.75) is 13.0 Å². The molecule has 0 spiro atoms. The Morgan fingerprint density at radius 2 is 2.00 bits per heavy atom. The Labute approximate surface area is 169 Å². The summed E-state index contributed by atoms with van der Waals surface area (Å²) in [6.07, 6.45) is 3.84. The van der Waals surface area contributed by atoms with Crippen LogP contribution in [0.3, 0.4) is 0 Å². The van der Waals surface area contributed by atoms with Crippen molar-refractivity contribution in [3.63, 3.8) is 0 Å². The SMILES string of the molecule is CN(CCOC(=O)C1=CNC(c2cccc([N+](=O)[O-])c2)=CC1)Cc1ccccc1. The fraction of sp³-hybridized carbons (Fsp3) is 0.227. The van der Waals surface area contributed by atoms with E-state index < -0.39 is 4.92 Å². The first kappa shape index (κ1) is 20.3. The molecule has 0 aliphatic carbocycles. The summed E-state index contributed by atoms with van der Waals surface area (Å²) in [6, 6.07) is 16.5. The molecular formula is C22H23N3O4. The summed E-state index contributed by atoms with van der Waals surface area (Å²) in [5, 5.41) is 13.9. The number of esters is 1. The number of allylic oxidation sites excluding steroid dienone is 1. The molecule has 150 valence electrons. The number of non-ortho nitro benzene ring substituents is 1. The molecule has 7 heteroatoms. The van der Waals surface area contributed by atoms with Gasteiger partial charge in [-0.1, -0.05) is 48.5 Å². The molecule has 0 radical (unpaired) electrons. The summed E-state index contributed by atoms with van der Waals surface area (Å²) < 4.78 is 5.37. The van der Waals surface area contributed by atoms with E-state index >= 15 is 0 Å². The molecule has 1 aliphatic heterocycles. The van der Waals surface area contributed by atoms with Crippen LogP contribution < -0.4 is 5.32 Å². The van der Waals surface area contributed by atoms with Crippen molar-refractivity contribution in [3.05, 3.63) is 93.7 Å². The number of nitro groups is 1. The summed E-state index contributed by atoms with van der Waals surface area (Å²) in [5.41, 5.74) is 3.18. The number of dihydropyridines is 1. The predicted octanol–water partition coefficient (Wildman–Crippen LogP) is 3.49. The number of carbonyl (C=O) groups excluding carboxylic acids is 1. The molecule has 0 amide bonds. The van der Waals surface area contributed by atoms with Gasteiger partial charge in [0.2, 0.25) is 0 Å². The average molecular weight is 393 g/mol. The van der Waals surface area contributed by atoms with Gasteiger partial charge in [0.1, 0.15) is 6.61 Å². The van der Waals surface area contributed by atoms with Crippen LogP contribution in [0.4, 0.5) is 5.69 Å². The lowest BCUT2D eigenvalue weighted by Gasteiger charge is -2.18. The van der Waals surface area contributed by atoms with Crippen LogP contribution in [-0.2, 0) is 16.1 Å². The Morgan fingerprint density at radius 1 is 1.21 bits per heavy atom. The zero-order valence-electron chi connectivity index (χ0n) is 16.2. The molecule has 3 rings (SSSR count). The summed E-state index contributed by atoms with van der Waals surface area (Å²) in [6.45, 7) is 1.73. The van der Waals surface area contributed by atoms with E-state index in [1.54, 1.807) is 18.3 Å². The summed E-state index contributed by atoms with van der Waals surface area (Å²) in [5.74, 6) is -0.361. The van der Waals surface area contributed by atoms with E-state index in [4.69, 9.17) is 4.74 Å². The van der Waals surface area contributed by atoms with Crippen LogP contribution in [0.5, 0.6) is 0 Å². The highest BCUT2D eigenvalue weighted by atomic mass is 16.6. The van der Waals surface area contributed by atoms with E-state index in [0.29, 0.717) is 30.7 Å². The van der Waals surface area contributed by atoms with Crippen LogP contribution in [0.1, 0.15) is 17.5 Å². The minimum Gasteiger partial charge on any atom is -0.461 e. The molecule has 0 aromatic heterocycles. The second-order valence-corrected chi connectivity index (χ2v) is 6.80. The normalized spacial score (nSPS) is 13.3. The van der Waals surface area contributed by atoms with E-state index in [1.807, 2.05) is 31.3 Å². The second-order valence-electron chi connectivity index (χ2n) is 6.80. The van der Waals surface area contributed by atoms with Crippen molar-refractivity contribution in [1.82, 2.24) is 10.2 Å². The summed E-state index contributed by atoms with van der Waals surface area (Å²) in [4.78, 5) is 24.8. The molecular weight excluding hydrogens is 370 g/mol. The number of rotatable bonds is 8. The first-order valence-electron chi connectivity index (χ1n) is 9.33. The number of hydrogen-bond donors (Lipinski definition) is 1. The number of likely N-dealkylation sites (N-methyl/N-ethyl adjacent to an activating group) is 1. The molecule has 0 bridgehead atoms. The first-order valence-corrected chi connectivity index (χ1v) is 9.33. The third-order valence-electron chi connectivity index (χ3n) is 4.56. The number of nitrogens with zero attached hydrogens (tertiary/aromatic N) is 2. The summed E-state index contributed by atoms with van der Waals surface area (Å²) >= 11 is 0. The maximum Gasteiger partial charge on any atom is 0.335 e. The lowest BCUT2D eigenvalue weighted by molar-refractivity contribution is -0.384. The van der Waals surface area contributed by atoms with E-state index in [2.05, 4.69) is 22.3 Å². The largest absolute Gasteiger partial charge is 0.461 e. The molecule has 7 nitrogen and oxygen atoms in total. The molecule has 0 fully saturated rings. The van der Waals surface area contributed by atoms with Gasteiger partial charge in [0.15, 0.2) is 0 Å². The zero-order chi connectivity index (χ0) is 20.6. The summed E-state index contributed by atoms with van der Waals surface area (Å²) in [7, 11) is 1.98.